The summed E-state index contributed by atoms with van der Waals surface area (Å²) in [7, 11) is 0. The maximum atomic E-state index is 10.9. The first-order valence-corrected chi connectivity index (χ1v) is 7.11. The molecule has 0 bridgehead atoms. The summed E-state index contributed by atoms with van der Waals surface area (Å²) in [5.74, 6) is 0.290. The first-order valence-electron chi connectivity index (χ1n) is 7.11. The molecular weight excluding hydrogens is 268 g/mol. The van der Waals surface area contributed by atoms with Gasteiger partial charge in [-0.15, -0.1) is 5.10 Å². The van der Waals surface area contributed by atoms with Crippen molar-refractivity contribution >= 4 is 6.09 Å². The summed E-state index contributed by atoms with van der Waals surface area (Å²) in [5.41, 5.74) is 3.12. The lowest BCUT2D eigenvalue weighted by atomic mass is 9.94. The number of carbonyl (C=O) groups is 1. The average molecular weight is 286 g/mol. The molecule has 1 N–H and O–H groups in total. The Morgan fingerprint density at radius 1 is 1.29 bits per heavy atom. The molecule has 2 heterocycles. The van der Waals surface area contributed by atoms with E-state index in [1.54, 1.807) is 4.68 Å². The van der Waals surface area contributed by atoms with Gasteiger partial charge in [-0.25, -0.2) is 9.48 Å². The monoisotopic (exact) mass is 286 g/mol. The third kappa shape index (κ3) is 2.74. The number of nitrogens with zero attached hydrogens (tertiary/aromatic N) is 4. The molecular formula is C15H18N4O2. The Bertz CT molecular complexity index is 645. The van der Waals surface area contributed by atoms with Crippen LogP contribution in [0.15, 0.2) is 30.5 Å². The van der Waals surface area contributed by atoms with E-state index in [2.05, 4.69) is 10.3 Å². The van der Waals surface area contributed by atoms with Crippen LogP contribution < -0.4 is 0 Å². The fourth-order valence-corrected chi connectivity index (χ4v) is 2.77. The van der Waals surface area contributed by atoms with Crippen molar-refractivity contribution in [2.24, 2.45) is 0 Å². The second kappa shape index (κ2) is 5.55. The van der Waals surface area contributed by atoms with Crippen molar-refractivity contribution in [3.05, 3.63) is 41.7 Å². The highest BCUT2D eigenvalue weighted by molar-refractivity contribution is 5.65. The summed E-state index contributed by atoms with van der Waals surface area (Å²) < 4.78 is 1.80. The number of amides is 1. The van der Waals surface area contributed by atoms with Crippen LogP contribution in [-0.4, -0.2) is 44.2 Å². The number of piperidine rings is 1. The molecule has 1 amide bonds. The van der Waals surface area contributed by atoms with Gasteiger partial charge in [0.1, 0.15) is 0 Å². The van der Waals surface area contributed by atoms with Gasteiger partial charge in [0.2, 0.25) is 0 Å². The van der Waals surface area contributed by atoms with Gasteiger partial charge in [-0.2, -0.15) is 0 Å². The second-order valence-corrected chi connectivity index (χ2v) is 5.42. The van der Waals surface area contributed by atoms with Crippen molar-refractivity contribution in [3.63, 3.8) is 0 Å². The zero-order chi connectivity index (χ0) is 14.8. The van der Waals surface area contributed by atoms with E-state index in [1.807, 2.05) is 37.4 Å². The van der Waals surface area contributed by atoms with Crippen LogP contribution in [0.25, 0.3) is 5.69 Å². The van der Waals surface area contributed by atoms with Crippen LogP contribution in [0.1, 0.15) is 30.0 Å². The van der Waals surface area contributed by atoms with Crippen LogP contribution in [0, 0.1) is 6.92 Å². The SMILES string of the molecule is Cc1ccccc1-n1cc(C2CCN(C(=O)O)CC2)nn1. The van der Waals surface area contributed by atoms with Gasteiger partial charge in [0, 0.05) is 19.0 Å². The Hall–Kier alpha value is -2.37. The number of benzene rings is 1. The molecule has 1 fully saturated rings. The van der Waals surface area contributed by atoms with Crippen LogP contribution in [0.3, 0.4) is 0 Å². The Morgan fingerprint density at radius 3 is 2.67 bits per heavy atom. The number of aryl methyl sites for hydroxylation is 1. The molecule has 1 aliphatic rings. The second-order valence-electron chi connectivity index (χ2n) is 5.42. The van der Waals surface area contributed by atoms with E-state index in [0.29, 0.717) is 19.0 Å². The van der Waals surface area contributed by atoms with Crippen LogP contribution in [0.2, 0.25) is 0 Å². The topological polar surface area (TPSA) is 71.2 Å². The summed E-state index contributed by atoms with van der Waals surface area (Å²) in [6.07, 6.45) is 2.73. The van der Waals surface area contributed by atoms with Crippen molar-refractivity contribution in [3.8, 4) is 5.69 Å². The normalized spacial score (nSPS) is 16.1. The molecule has 1 saturated heterocycles. The van der Waals surface area contributed by atoms with Gasteiger partial charge in [-0.05, 0) is 31.4 Å². The highest BCUT2D eigenvalue weighted by Crippen LogP contribution is 2.27. The number of hydrogen-bond donors (Lipinski definition) is 1. The molecule has 0 radical (unpaired) electrons. The Kier molecular flexibility index (Phi) is 3.60. The predicted octanol–water partition coefficient (Wildman–Crippen LogP) is 2.43. The standard InChI is InChI=1S/C15H18N4O2/c1-11-4-2-3-5-14(11)19-10-13(16-17-19)12-6-8-18(9-7-12)15(20)21/h2-5,10,12H,6-9H2,1H3,(H,20,21). The number of aromatic nitrogens is 3. The lowest BCUT2D eigenvalue weighted by molar-refractivity contribution is 0.131. The molecule has 1 aliphatic heterocycles. The maximum Gasteiger partial charge on any atom is 0.407 e. The van der Waals surface area contributed by atoms with Gasteiger partial charge >= 0.3 is 6.09 Å². The number of hydrogen-bond acceptors (Lipinski definition) is 3. The molecule has 110 valence electrons. The summed E-state index contributed by atoms with van der Waals surface area (Å²) >= 11 is 0. The summed E-state index contributed by atoms with van der Waals surface area (Å²) in [5, 5.41) is 17.5. The Morgan fingerprint density at radius 2 is 2.00 bits per heavy atom. The molecule has 1 aromatic heterocycles. The van der Waals surface area contributed by atoms with E-state index in [0.717, 1.165) is 29.8 Å². The van der Waals surface area contributed by atoms with E-state index >= 15 is 0 Å². The van der Waals surface area contributed by atoms with Gasteiger partial charge in [-0.3, -0.25) is 0 Å². The minimum Gasteiger partial charge on any atom is -0.465 e. The van der Waals surface area contributed by atoms with Crippen molar-refractivity contribution in [1.82, 2.24) is 19.9 Å². The summed E-state index contributed by atoms with van der Waals surface area (Å²) in [6, 6.07) is 8.04. The zero-order valence-corrected chi connectivity index (χ0v) is 11.9. The van der Waals surface area contributed by atoms with Gasteiger partial charge in [0.15, 0.2) is 0 Å². The largest absolute Gasteiger partial charge is 0.465 e. The van der Waals surface area contributed by atoms with Crippen LogP contribution in [-0.2, 0) is 0 Å². The fraction of sp³-hybridized carbons (Fsp3) is 0.400. The maximum absolute atomic E-state index is 10.9. The minimum absolute atomic E-state index is 0.290. The zero-order valence-electron chi connectivity index (χ0n) is 11.9. The van der Waals surface area contributed by atoms with Gasteiger partial charge < -0.3 is 10.0 Å². The molecule has 3 rings (SSSR count). The highest BCUT2D eigenvalue weighted by atomic mass is 16.4. The first-order chi connectivity index (χ1) is 10.1. The fourth-order valence-electron chi connectivity index (χ4n) is 2.77. The van der Waals surface area contributed by atoms with E-state index in [1.165, 1.54) is 4.90 Å². The molecule has 0 spiro atoms. The van der Waals surface area contributed by atoms with Crippen LogP contribution in [0.4, 0.5) is 4.79 Å². The lowest BCUT2D eigenvalue weighted by Crippen LogP contribution is -2.36. The molecule has 0 aliphatic carbocycles. The van der Waals surface area contributed by atoms with Crippen molar-refractivity contribution in [2.75, 3.05) is 13.1 Å². The average Bonchev–Trinajstić information content (AvgIpc) is 2.97. The van der Waals surface area contributed by atoms with E-state index in [-0.39, 0.29) is 0 Å². The third-order valence-corrected chi connectivity index (χ3v) is 4.06. The van der Waals surface area contributed by atoms with Crippen molar-refractivity contribution in [2.45, 2.75) is 25.7 Å². The predicted molar refractivity (Wildman–Crippen MR) is 77.7 cm³/mol. The molecule has 6 nitrogen and oxygen atoms in total. The quantitative estimate of drug-likeness (QED) is 0.920. The molecule has 2 aromatic rings. The van der Waals surface area contributed by atoms with E-state index in [4.69, 9.17) is 5.11 Å². The van der Waals surface area contributed by atoms with Crippen LogP contribution in [0.5, 0.6) is 0 Å². The third-order valence-electron chi connectivity index (χ3n) is 4.06. The molecule has 0 saturated carbocycles. The number of likely N-dealkylation sites (tertiary alicyclic amines) is 1. The minimum atomic E-state index is -0.836. The first kappa shape index (κ1) is 13.6. The molecule has 1 aromatic carbocycles. The van der Waals surface area contributed by atoms with Gasteiger partial charge in [0.25, 0.3) is 0 Å². The van der Waals surface area contributed by atoms with E-state index < -0.39 is 6.09 Å². The number of carboxylic acid groups (broad SMARTS) is 1. The Labute approximate surface area is 123 Å². The molecule has 0 atom stereocenters. The van der Waals surface area contributed by atoms with E-state index in [9.17, 15) is 4.79 Å². The molecule has 21 heavy (non-hydrogen) atoms. The molecule has 6 heteroatoms. The van der Waals surface area contributed by atoms with Crippen molar-refractivity contribution in [1.29, 1.82) is 0 Å². The lowest BCUT2D eigenvalue weighted by Gasteiger charge is -2.28. The van der Waals surface area contributed by atoms with Gasteiger partial charge in [-0.1, -0.05) is 23.4 Å². The molecule has 0 unspecified atom stereocenters. The summed E-state index contributed by atoms with van der Waals surface area (Å²) in [6.45, 7) is 3.18. The Balaban J connectivity index is 1.74. The van der Waals surface area contributed by atoms with Gasteiger partial charge in [0.05, 0.1) is 17.6 Å². The highest BCUT2D eigenvalue weighted by Gasteiger charge is 2.25. The number of rotatable bonds is 2. The van der Waals surface area contributed by atoms with Crippen LogP contribution >= 0.6 is 0 Å². The number of para-hydroxylation sites is 1. The summed E-state index contributed by atoms with van der Waals surface area (Å²) in [4.78, 5) is 12.4. The van der Waals surface area contributed by atoms with Crippen molar-refractivity contribution < 1.29 is 9.90 Å². The smallest absolute Gasteiger partial charge is 0.407 e.